The Labute approximate surface area is 66.8 Å². The summed E-state index contributed by atoms with van der Waals surface area (Å²) in [7, 11) is 0. The number of hydrogen-bond donors (Lipinski definition) is 1. The average molecular weight is 245 g/mol. The van der Waals surface area contributed by atoms with Gasteiger partial charge in [-0.2, -0.15) is 0 Å². The monoisotopic (exact) mass is 245 g/mol. The predicted octanol–water partition coefficient (Wildman–Crippen LogP) is 2.12. The highest BCUT2D eigenvalue weighted by Gasteiger charge is 2.01. The van der Waals surface area contributed by atoms with Crippen molar-refractivity contribution in [1.82, 2.24) is 0 Å². The van der Waals surface area contributed by atoms with E-state index in [0.29, 0.717) is 0 Å². The lowest BCUT2D eigenvalue weighted by Crippen LogP contribution is -1.78. The van der Waals surface area contributed by atoms with Crippen LogP contribution in [0.5, 0.6) is 0 Å². The molecule has 0 fully saturated rings. The summed E-state index contributed by atoms with van der Waals surface area (Å²) in [4.78, 5) is 0. The van der Waals surface area contributed by atoms with E-state index in [-0.39, 0.29) is 0 Å². The third kappa shape index (κ3) is 0.923. The highest BCUT2D eigenvalue weighted by Crippen LogP contribution is 2.26. The SMILES string of the molecule is C=I1=Cc2ccccc2N1. The van der Waals surface area contributed by atoms with Gasteiger partial charge in [0.25, 0.3) is 0 Å². The highest BCUT2D eigenvalue weighted by molar-refractivity contribution is 14.2. The Morgan fingerprint density at radius 2 is 2.10 bits per heavy atom. The molecule has 0 saturated carbocycles. The summed E-state index contributed by atoms with van der Waals surface area (Å²) in [5.41, 5.74) is 2.60. The lowest BCUT2D eigenvalue weighted by Gasteiger charge is -1.95. The van der Waals surface area contributed by atoms with Gasteiger partial charge in [-0.05, 0) is 10.1 Å². The van der Waals surface area contributed by atoms with Crippen LogP contribution in [0.4, 0.5) is 5.69 Å². The summed E-state index contributed by atoms with van der Waals surface area (Å²) in [5.74, 6) is 0. The van der Waals surface area contributed by atoms with Gasteiger partial charge in [-0.1, -0.05) is 41.9 Å². The third-order valence-electron chi connectivity index (χ3n) is 1.43. The second kappa shape index (κ2) is 2.27. The van der Waals surface area contributed by atoms with E-state index in [1.165, 1.54) is 11.3 Å². The number of para-hydroxylation sites is 1. The van der Waals surface area contributed by atoms with Gasteiger partial charge in [0.2, 0.25) is 0 Å². The summed E-state index contributed by atoms with van der Waals surface area (Å²) in [5, 5.41) is 0. The number of halogens is 1. The van der Waals surface area contributed by atoms with E-state index in [1.54, 1.807) is 0 Å². The molecule has 0 amide bonds. The van der Waals surface area contributed by atoms with Crippen molar-refractivity contribution in [3.05, 3.63) is 29.8 Å². The van der Waals surface area contributed by atoms with Crippen LogP contribution in [0.3, 0.4) is 0 Å². The smallest absolute Gasteiger partial charge is 0.0499 e. The van der Waals surface area contributed by atoms with E-state index >= 15 is 0 Å². The van der Waals surface area contributed by atoms with Crippen molar-refractivity contribution < 1.29 is 0 Å². The van der Waals surface area contributed by atoms with Crippen LogP contribution in [0.25, 0.3) is 0 Å². The van der Waals surface area contributed by atoms with Gasteiger partial charge >= 0.3 is 0 Å². The molecular weight excluding hydrogens is 237 g/mol. The van der Waals surface area contributed by atoms with E-state index in [0.717, 1.165) is 0 Å². The molecule has 1 aromatic carbocycles. The Balaban J connectivity index is 2.64. The number of fused-ring (bicyclic) bond motifs is 1. The maximum atomic E-state index is 4.04. The van der Waals surface area contributed by atoms with Crippen molar-refractivity contribution >= 4 is 33.4 Å². The zero-order valence-corrected chi connectivity index (χ0v) is 7.63. The van der Waals surface area contributed by atoms with Gasteiger partial charge in [-0.3, -0.25) is 0 Å². The fraction of sp³-hybridized carbons (Fsp3) is 0. The minimum Gasteiger partial charge on any atom is -0.338 e. The topological polar surface area (TPSA) is 12.0 Å². The first-order chi connectivity index (χ1) is 4.86. The minimum absolute atomic E-state index is 1.12. The van der Waals surface area contributed by atoms with Crippen molar-refractivity contribution in [3.63, 3.8) is 0 Å². The molecule has 52 valence electrons. The average Bonchev–Trinajstić information content (AvgIpc) is 2.27. The van der Waals surface area contributed by atoms with Crippen LogP contribution in [0.2, 0.25) is 0 Å². The van der Waals surface area contributed by atoms with Crippen LogP contribution >= 0.6 is 19.1 Å². The summed E-state index contributed by atoms with van der Waals surface area (Å²) in [6, 6.07) is 8.35. The Morgan fingerprint density at radius 1 is 1.30 bits per heavy atom. The van der Waals surface area contributed by atoms with Crippen LogP contribution in [0.15, 0.2) is 24.3 Å². The van der Waals surface area contributed by atoms with Crippen LogP contribution in [0.1, 0.15) is 5.56 Å². The third-order valence-corrected chi connectivity index (χ3v) is 4.13. The molecular formula is C8H8IN. The normalized spacial score (nSPS) is 15.6. The van der Waals surface area contributed by atoms with Crippen molar-refractivity contribution in [2.75, 3.05) is 3.53 Å². The van der Waals surface area contributed by atoms with Crippen LogP contribution < -0.4 is 3.53 Å². The lowest BCUT2D eigenvalue weighted by molar-refractivity contribution is 1.68. The number of nitrogens with one attached hydrogen (secondary N) is 1. The predicted molar refractivity (Wildman–Crippen MR) is 56.4 cm³/mol. The molecule has 0 unspecified atom stereocenters. The standard InChI is InChI=1S/C8H8IN/c1-9-6-7-4-2-3-5-8(7)10-9/h2-6,10H,1H2. The molecule has 10 heavy (non-hydrogen) atoms. The summed E-state index contributed by atoms with van der Waals surface area (Å²) in [6.45, 7) is 0. The summed E-state index contributed by atoms with van der Waals surface area (Å²) < 4.78 is 9.71. The number of benzene rings is 1. The molecule has 1 N–H and O–H groups in total. The Morgan fingerprint density at radius 3 is 2.90 bits per heavy atom. The van der Waals surface area contributed by atoms with Crippen LogP contribution in [-0.2, 0) is 0 Å². The second-order valence-electron chi connectivity index (χ2n) is 2.19. The molecule has 1 aliphatic rings. The largest absolute Gasteiger partial charge is 0.338 e. The molecule has 0 radical (unpaired) electrons. The first kappa shape index (κ1) is 6.22. The molecule has 1 aliphatic heterocycles. The quantitative estimate of drug-likeness (QED) is 0.545. The number of rotatable bonds is 0. The van der Waals surface area contributed by atoms with Crippen molar-refractivity contribution in [2.45, 2.75) is 0 Å². The Bertz CT molecular complexity index is 335. The van der Waals surface area contributed by atoms with E-state index < -0.39 is 19.1 Å². The fourth-order valence-corrected chi connectivity index (χ4v) is 3.72. The molecule has 0 atom stereocenters. The summed E-state index contributed by atoms with van der Waals surface area (Å²) >= 11 is -1.12. The summed E-state index contributed by atoms with van der Waals surface area (Å²) in [6.07, 6.45) is 0. The Kier molecular flexibility index (Phi) is 1.41. The molecule has 0 bridgehead atoms. The maximum Gasteiger partial charge on any atom is 0.0499 e. The van der Waals surface area contributed by atoms with Gasteiger partial charge < -0.3 is 3.53 Å². The minimum atomic E-state index is -1.12. The number of hydrogen-bond acceptors (Lipinski definition) is 1. The van der Waals surface area contributed by atoms with Gasteiger partial charge in [0, 0.05) is 11.3 Å². The molecule has 0 aromatic heterocycles. The van der Waals surface area contributed by atoms with Gasteiger partial charge in [0.05, 0.1) is 0 Å². The first-order valence-corrected chi connectivity index (χ1v) is 6.89. The van der Waals surface area contributed by atoms with Crippen LogP contribution in [0, 0.1) is 0 Å². The second-order valence-corrected chi connectivity index (χ2v) is 5.62. The number of anilines is 1. The molecule has 2 rings (SSSR count). The van der Waals surface area contributed by atoms with Gasteiger partial charge in [0.1, 0.15) is 0 Å². The van der Waals surface area contributed by atoms with E-state index in [1.807, 2.05) is 0 Å². The zero-order chi connectivity index (χ0) is 6.97. The van der Waals surface area contributed by atoms with Gasteiger partial charge in [-0.15, -0.1) is 0 Å². The molecule has 1 heterocycles. The molecule has 0 aliphatic carbocycles. The maximum absolute atomic E-state index is 4.04. The Hall–Kier alpha value is -0.510. The van der Waals surface area contributed by atoms with E-state index in [9.17, 15) is 0 Å². The van der Waals surface area contributed by atoms with Crippen LogP contribution in [-0.4, -0.2) is 8.53 Å². The molecule has 1 aromatic rings. The molecule has 1 nitrogen and oxygen atoms in total. The van der Waals surface area contributed by atoms with Crippen molar-refractivity contribution in [2.24, 2.45) is 0 Å². The first-order valence-electron chi connectivity index (χ1n) is 3.04. The highest BCUT2D eigenvalue weighted by atomic mass is 127. The fourth-order valence-electron chi connectivity index (χ4n) is 0.978. The lowest BCUT2D eigenvalue weighted by atomic mass is 10.2. The van der Waals surface area contributed by atoms with E-state index in [4.69, 9.17) is 0 Å². The van der Waals surface area contributed by atoms with E-state index in [2.05, 4.69) is 36.3 Å². The van der Waals surface area contributed by atoms with Crippen molar-refractivity contribution in [1.29, 1.82) is 0 Å². The van der Waals surface area contributed by atoms with Gasteiger partial charge in [-0.25, -0.2) is 0 Å². The van der Waals surface area contributed by atoms with Gasteiger partial charge in [0.15, 0.2) is 0 Å². The van der Waals surface area contributed by atoms with Crippen molar-refractivity contribution in [3.8, 4) is 0 Å². The molecule has 2 heteroatoms. The molecule has 0 saturated heterocycles. The zero-order valence-electron chi connectivity index (χ0n) is 5.47. The molecule has 0 spiro atoms.